The molecule has 0 atom stereocenters. The molecule has 0 radical (unpaired) electrons. The van der Waals surface area contributed by atoms with E-state index in [2.05, 4.69) is 108 Å². The molecule has 0 amide bonds. The molecule has 0 spiro atoms. The van der Waals surface area contributed by atoms with Crippen LogP contribution in [0.25, 0.3) is 22.2 Å². The predicted molar refractivity (Wildman–Crippen MR) is 153 cm³/mol. The molecule has 37 heavy (non-hydrogen) atoms. The molecule has 172 valence electrons. The molecule has 0 bridgehead atoms. The molecule has 8 rings (SSSR count). The maximum absolute atomic E-state index is 6.20. The summed E-state index contributed by atoms with van der Waals surface area (Å²) in [6, 6.07) is 44.8. The highest BCUT2D eigenvalue weighted by molar-refractivity contribution is 6.99. The number of nitrogens with zero attached hydrogens (tertiary/aromatic N) is 2. The lowest BCUT2D eigenvalue weighted by atomic mass is 9.39. The number of para-hydroxylation sites is 5. The Morgan fingerprint density at radius 1 is 0.595 bits per heavy atom. The van der Waals surface area contributed by atoms with E-state index in [1.165, 1.54) is 27.3 Å². The summed E-state index contributed by atoms with van der Waals surface area (Å²) in [7, 11) is 0. The van der Waals surface area contributed by atoms with Crippen molar-refractivity contribution in [3.63, 3.8) is 0 Å². The number of pyridine rings is 1. The smallest absolute Gasteiger partial charge is 0.244 e. The standard InChI is InChI=1S/C33H21BN2O/c1-4-12-28-22(9-1)21-27-33(35-28)25-10-2-3-11-26(25)34(27)23-17-19-24(20-18-23)36-29-13-5-7-15-31(29)37-32-16-8-6-14-30(32)36/h1-21H. The van der Waals surface area contributed by atoms with Crippen molar-refractivity contribution < 1.29 is 4.74 Å². The third kappa shape index (κ3) is 3.06. The minimum Gasteiger partial charge on any atom is -0.453 e. The molecule has 2 aliphatic heterocycles. The van der Waals surface area contributed by atoms with Gasteiger partial charge in [0.1, 0.15) is 0 Å². The molecule has 4 heteroatoms. The van der Waals surface area contributed by atoms with Gasteiger partial charge in [0.05, 0.1) is 22.6 Å². The van der Waals surface area contributed by atoms with Crippen molar-refractivity contribution in [3.8, 4) is 22.8 Å². The molecule has 0 saturated heterocycles. The van der Waals surface area contributed by atoms with Crippen molar-refractivity contribution in [3.05, 3.63) is 127 Å². The number of hydrogen-bond donors (Lipinski definition) is 0. The summed E-state index contributed by atoms with van der Waals surface area (Å²) >= 11 is 0. The Kier molecular flexibility index (Phi) is 4.32. The monoisotopic (exact) mass is 472 g/mol. The van der Waals surface area contributed by atoms with Crippen molar-refractivity contribution in [1.29, 1.82) is 0 Å². The molecule has 3 heterocycles. The molecular formula is C33H21BN2O. The van der Waals surface area contributed by atoms with Gasteiger partial charge in [-0.2, -0.15) is 0 Å². The molecule has 1 aromatic heterocycles. The third-order valence-corrected chi connectivity index (χ3v) is 7.51. The Balaban J connectivity index is 1.26. The Morgan fingerprint density at radius 2 is 1.24 bits per heavy atom. The number of benzene rings is 5. The molecule has 6 aromatic rings. The van der Waals surface area contributed by atoms with Crippen LogP contribution in [0.2, 0.25) is 0 Å². The highest BCUT2D eigenvalue weighted by Gasteiger charge is 2.35. The summed E-state index contributed by atoms with van der Waals surface area (Å²) in [6.45, 7) is 0.154. The highest BCUT2D eigenvalue weighted by atomic mass is 16.5. The van der Waals surface area contributed by atoms with Gasteiger partial charge in [0, 0.05) is 5.69 Å². The number of hydrogen-bond acceptors (Lipinski definition) is 3. The van der Waals surface area contributed by atoms with Crippen LogP contribution < -0.4 is 26.0 Å². The van der Waals surface area contributed by atoms with Crippen LogP contribution in [-0.4, -0.2) is 11.7 Å². The minimum absolute atomic E-state index is 0.154. The minimum atomic E-state index is 0.154. The summed E-state index contributed by atoms with van der Waals surface area (Å²) in [5, 5.41) is 1.18. The zero-order chi connectivity index (χ0) is 24.3. The molecule has 0 unspecified atom stereocenters. The summed E-state index contributed by atoms with van der Waals surface area (Å²) < 4.78 is 6.20. The van der Waals surface area contributed by atoms with Gasteiger partial charge < -0.3 is 9.64 Å². The van der Waals surface area contributed by atoms with Gasteiger partial charge in [-0.3, -0.25) is 0 Å². The number of ether oxygens (including phenoxy) is 1. The average Bonchev–Trinajstić information content (AvgIpc) is 3.28. The molecule has 2 aliphatic rings. The molecule has 0 aliphatic carbocycles. The SMILES string of the molecule is c1ccc2c(c1)Oc1ccccc1N2c1ccc(B2c3ccccc3-c3nc4ccccc4cc32)cc1. The number of rotatable bonds is 2. The van der Waals surface area contributed by atoms with Crippen LogP contribution in [0.5, 0.6) is 11.5 Å². The van der Waals surface area contributed by atoms with Crippen LogP contribution in [0.3, 0.4) is 0 Å². The average molecular weight is 472 g/mol. The van der Waals surface area contributed by atoms with E-state index in [0.717, 1.165) is 39.8 Å². The van der Waals surface area contributed by atoms with E-state index in [0.29, 0.717) is 0 Å². The van der Waals surface area contributed by atoms with Crippen LogP contribution in [0.15, 0.2) is 127 Å². The van der Waals surface area contributed by atoms with E-state index < -0.39 is 0 Å². The highest BCUT2D eigenvalue weighted by Crippen LogP contribution is 2.49. The van der Waals surface area contributed by atoms with Gasteiger partial charge in [-0.05, 0) is 58.9 Å². The summed E-state index contributed by atoms with van der Waals surface area (Å²) in [6.07, 6.45) is 0. The second-order valence-corrected chi connectivity index (χ2v) is 9.60. The fourth-order valence-corrected chi connectivity index (χ4v) is 5.86. The molecule has 5 aromatic carbocycles. The normalized spacial score (nSPS) is 13.0. The molecule has 3 nitrogen and oxygen atoms in total. The maximum Gasteiger partial charge on any atom is 0.244 e. The Labute approximate surface area is 215 Å². The predicted octanol–water partition coefficient (Wildman–Crippen LogP) is 6.31. The lowest BCUT2D eigenvalue weighted by Gasteiger charge is -2.32. The first-order valence-electron chi connectivity index (χ1n) is 12.6. The third-order valence-electron chi connectivity index (χ3n) is 7.51. The lowest BCUT2D eigenvalue weighted by Crippen LogP contribution is -2.48. The van der Waals surface area contributed by atoms with Gasteiger partial charge in [0.25, 0.3) is 0 Å². The van der Waals surface area contributed by atoms with Gasteiger partial charge >= 0.3 is 0 Å². The molecule has 0 fully saturated rings. The topological polar surface area (TPSA) is 25.4 Å². The Morgan fingerprint density at radius 3 is 2.03 bits per heavy atom. The van der Waals surface area contributed by atoms with Crippen molar-refractivity contribution in [2.45, 2.75) is 0 Å². The fraction of sp³-hybridized carbons (Fsp3) is 0. The molecule has 0 saturated carbocycles. The zero-order valence-corrected chi connectivity index (χ0v) is 20.0. The van der Waals surface area contributed by atoms with Gasteiger partial charge in [-0.25, -0.2) is 4.98 Å². The van der Waals surface area contributed by atoms with E-state index >= 15 is 0 Å². The van der Waals surface area contributed by atoms with Crippen LogP contribution in [0, 0.1) is 0 Å². The second kappa shape index (κ2) is 7.84. The second-order valence-electron chi connectivity index (χ2n) is 9.60. The van der Waals surface area contributed by atoms with Gasteiger partial charge in [0.15, 0.2) is 11.5 Å². The van der Waals surface area contributed by atoms with E-state index in [9.17, 15) is 0 Å². The number of aromatic nitrogens is 1. The number of fused-ring (bicyclic) bond motifs is 6. The zero-order valence-electron chi connectivity index (χ0n) is 20.0. The van der Waals surface area contributed by atoms with Crippen molar-refractivity contribution in [2.75, 3.05) is 4.90 Å². The summed E-state index contributed by atoms with van der Waals surface area (Å²) in [4.78, 5) is 7.37. The van der Waals surface area contributed by atoms with Crippen LogP contribution in [0.4, 0.5) is 17.1 Å². The van der Waals surface area contributed by atoms with E-state index in [1.54, 1.807) is 0 Å². The summed E-state index contributed by atoms with van der Waals surface area (Å²) in [5.74, 6) is 1.73. The van der Waals surface area contributed by atoms with Crippen molar-refractivity contribution >= 4 is 51.1 Å². The first kappa shape index (κ1) is 20.4. The first-order chi connectivity index (χ1) is 18.3. The first-order valence-corrected chi connectivity index (χ1v) is 12.6. The van der Waals surface area contributed by atoms with Gasteiger partial charge in [-0.15, -0.1) is 0 Å². The van der Waals surface area contributed by atoms with E-state index in [-0.39, 0.29) is 6.71 Å². The fourth-order valence-electron chi connectivity index (χ4n) is 5.86. The molecule has 0 N–H and O–H groups in total. The summed E-state index contributed by atoms with van der Waals surface area (Å²) in [5.41, 5.74) is 10.4. The van der Waals surface area contributed by atoms with Gasteiger partial charge in [-0.1, -0.05) is 95.9 Å². The Hall–Kier alpha value is -4.83. The molecular weight excluding hydrogens is 451 g/mol. The number of anilines is 3. The largest absolute Gasteiger partial charge is 0.453 e. The van der Waals surface area contributed by atoms with Crippen LogP contribution in [0.1, 0.15) is 0 Å². The lowest BCUT2D eigenvalue weighted by molar-refractivity contribution is 0.477. The van der Waals surface area contributed by atoms with E-state index in [4.69, 9.17) is 9.72 Å². The van der Waals surface area contributed by atoms with Crippen LogP contribution in [-0.2, 0) is 0 Å². The van der Waals surface area contributed by atoms with Gasteiger partial charge in [0.2, 0.25) is 6.71 Å². The van der Waals surface area contributed by atoms with Crippen molar-refractivity contribution in [1.82, 2.24) is 4.98 Å². The maximum atomic E-state index is 6.20. The van der Waals surface area contributed by atoms with Crippen molar-refractivity contribution in [2.24, 2.45) is 0 Å². The quantitative estimate of drug-likeness (QED) is 0.276. The van der Waals surface area contributed by atoms with E-state index in [1.807, 2.05) is 24.3 Å². The van der Waals surface area contributed by atoms with Crippen LogP contribution >= 0.6 is 0 Å². The Bertz CT molecular complexity index is 1780.